The Morgan fingerprint density at radius 1 is 1.25 bits per heavy atom. The van der Waals surface area contributed by atoms with E-state index in [-0.39, 0.29) is 17.2 Å². The summed E-state index contributed by atoms with van der Waals surface area (Å²) in [6.45, 7) is 7.21. The van der Waals surface area contributed by atoms with Crippen LogP contribution in [0.2, 0.25) is 0 Å². The second-order valence-corrected chi connectivity index (χ2v) is 7.37. The molecule has 24 heavy (non-hydrogen) atoms. The third kappa shape index (κ3) is 4.01. The van der Waals surface area contributed by atoms with Crippen LogP contribution in [0.15, 0.2) is 21.6 Å². The Morgan fingerprint density at radius 3 is 2.46 bits per heavy atom. The fourth-order valence-electron chi connectivity index (χ4n) is 2.43. The highest BCUT2D eigenvalue weighted by Crippen LogP contribution is 2.24. The topological polar surface area (TPSA) is 115 Å². The highest BCUT2D eigenvalue weighted by atomic mass is 32.2. The van der Waals surface area contributed by atoms with Gasteiger partial charge in [0.25, 0.3) is 0 Å². The van der Waals surface area contributed by atoms with Gasteiger partial charge >= 0.3 is 0 Å². The second kappa shape index (κ2) is 6.74. The number of rotatable bonds is 5. The average Bonchev–Trinajstić information content (AvgIpc) is 2.79. The Hall–Kier alpha value is -2.19. The molecule has 1 aromatic heterocycles. The van der Waals surface area contributed by atoms with Crippen molar-refractivity contribution in [3.8, 4) is 0 Å². The minimum absolute atomic E-state index is 0.0216. The van der Waals surface area contributed by atoms with Crippen LogP contribution in [0.3, 0.4) is 0 Å². The van der Waals surface area contributed by atoms with Gasteiger partial charge in [-0.3, -0.25) is 4.79 Å². The number of hydrogen-bond donors (Lipinski definition) is 2. The second-order valence-electron chi connectivity index (χ2n) is 5.81. The molecule has 0 spiro atoms. The predicted molar refractivity (Wildman–Crippen MR) is 90.2 cm³/mol. The van der Waals surface area contributed by atoms with Crippen LogP contribution in [-0.4, -0.2) is 19.5 Å². The third-order valence-corrected chi connectivity index (χ3v) is 4.92. The molecule has 0 aliphatic rings. The highest BCUT2D eigenvalue weighted by molar-refractivity contribution is 7.89. The fourth-order valence-corrected chi connectivity index (χ4v) is 3.05. The van der Waals surface area contributed by atoms with Crippen molar-refractivity contribution in [3.05, 3.63) is 40.3 Å². The van der Waals surface area contributed by atoms with Crippen LogP contribution in [0.25, 0.3) is 0 Å². The molecule has 0 radical (unpaired) electrons. The molecule has 0 aliphatic heterocycles. The summed E-state index contributed by atoms with van der Waals surface area (Å²) >= 11 is 0. The number of nitrogens with two attached hydrogens (primary N) is 1. The molecule has 1 aromatic carbocycles. The molecule has 0 fully saturated rings. The summed E-state index contributed by atoms with van der Waals surface area (Å²) in [7, 11) is -3.83. The lowest BCUT2D eigenvalue weighted by atomic mass is 10.1. The minimum atomic E-state index is -3.83. The monoisotopic (exact) mass is 351 g/mol. The van der Waals surface area contributed by atoms with Crippen LogP contribution in [0.4, 0.5) is 5.69 Å². The molecule has 1 amide bonds. The standard InChI is InChI=1S/C16H21N3O4S/c1-9-7-13(24(17,21)22)8-15(10(9)2)18-16(20)6-5-14-11(3)19-23-12(14)4/h7-8H,5-6H2,1-4H3,(H,18,20)(H2,17,21,22). The van der Waals surface area contributed by atoms with E-state index < -0.39 is 10.0 Å². The van der Waals surface area contributed by atoms with E-state index in [1.807, 2.05) is 13.8 Å². The van der Waals surface area contributed by atoms with Gasteiger partial charge in [0.1, 0.15) is 5.76 Å². The molecule has 0 aliphatic carbocycles. The molecule has 0 saturated carbocycles. The Morgan fingerprint density at radius 2 is 1.92 bits per heavy atom. The van der Waals surface area contributed by atoms with Gasteiger partial charge in [0, 0.05) is 17.7 Å². The Balaban J connectivity index is 2.16. The first-order chi connectivity index (χ1) is 11.1. The van der Waals surface area contributed by atoms with Gasteiger partial charge in [0.05, 0.1) is 10.6 Å². The Labute approximate surface area is 141 Å². The maximum Gasteiger partial charge on any atom is 0.238 e. The summed E-state index contributed by atoms with van der Waals surface area (Å²) < 4.78 is 28.1. The van der Waals surface area contributed by atoms with Gasteiger partial charge in [0.15, 0.2) is 0 Å². The number of benzene rings is 1. The minimum Gasteiger partial charge on any atom is -0.361 e. The number of carbonyl (C=O) groups excluding carboxylic acids is 1. The molecule has 0 atom stereocenters. The van der Waals surface area contributed by atoms with Crippen molar-refractivity contribution in [1.82, 2.24) is 5.16 Å². The van der Waals surface area contributed by atoms with Crippen molar-refractivity contribution in [1.29, 1.82) is 0 Å². The van der Waals surface area contributed by atoms with Crippen LogP contribution in [-0.2, 0) is 21.2 Å². The van der Waals surface area contributed by atoms with Gasteiger partial charge in [0.2, 0.25) is 15.9 Å². The summed E-state index contributed by atoms with van der Waals surface area (Å²) in [6.07, 6.45) is 0.737. The van der Waals surface area contributed by atoms with Crippen LogP contribution >= 0.6 is 0 Å². The zero-order chi connectivity index (χ0) is 18.1. The SMILES string of the molecule is Cc1cc(S(N)(=O)=O)cc(NC(=O)CCc2c(C)noc2C)c1C. The molecule has 3 N–H and O–H groups in total. The first kappa shape index (κ1) is 18.2. The lowest BCUT2D eigenvalue weighted by Crippen LogP contribution is -2.16. The van der Waals surface area contributed by atoms with Gasteiger partial charge in [-0.05, 0) is 57.4 Å². The molecule has 0 saturated heterocycles. The van der Waals surface area contributed by atoms with Crippen LogP contribution in [0, 0.1) is 27.7 Å². The molecule has 2 rings (SSSR count). The fraction of sp³-hybridized carbons (Fsp3) is 0.375. The van der Waals surface area contributed by atoms with E-state index in [1.165, 1.54) is 12.1 Å². The van der Waals surface area contributed by atoms with E-state index in [0.717, 1.165) is 22.4 Å². The lowest BCUT2D eigenvalue weighted by Gasteiger charge is -2.12. The molecule has 7 nitrogen and oxygen atoms in total. The molecule has 8 heteroatoms. The number of primary sulfonamides is 1. The third-order valence-electron chi connectivity index (χ3n) is 4.03. The van der Waals surface area contributed by atoms with Crippen molar-refractivity contribution in [2.45, 2.75) is 45.4 Å². The molecule has 0 bridgehead atoms. The summed E-state index contributed by atoms with van der Waals surface area (Å²) in [4.78, 5) is 12.2. The average molecular weight is 351 g/mol. The van der Waals surface area contributed by atoms with E-state index in [9.17, 15) is 13.2 Å². The van der Waals surface area contributed by atoms with Gasteiger partial charge in [-0.25, -0.2) is 13.6 Å². The molecule has 1 heterocycles. The largest absolute Gasteiger partial charge is 0.361 e. The first-order valence-electron chi connectivity index (χ1n) is 7.45. The van der Waals surface area contributed by atoms with E-state index >= 15 is 0 Å². The molecule has 130 valence electrons. The number of nitrogens with zero attached hydrogens (tertiary/aromatic N) is 1. The van der Waals surface area contributed by atoms with Crippen molar-refractivity contribution in [3.63, 3.8) is 0 Å². The van der Waals surface area contributed by atoms with Crippen molar-refractivity contribution in [2.75, 3.05) is 5.32 Å². The molecule has 0 unspecified atom stereocenters. The van der Waals surface area contributed by atoms with Crippen LogP contribution < -0.4 is 10.5 Å². The van der Waals surface area contributed by atoms with Crippen LogP contribution in [0.1, 0.15) is 34.6 Å². The summed E-state index contributed by atoms with van der Waals surface area (Å²) in [6, 6.07) is 2.87. The smallest absolute Gasteiger partial charge is 0.238 e. The van der Waals surface area contributed by atoms with Crippen LogP contribution in [0.5, 0.6) is 0 Å². The van der Waals surface area contributed by atoms with Crippen molar-refractivity contribution >= 4 is 21.6 Å². The summed E-state index contributed by atoms with van der Waals surface area (Å²) in [5, 5.41) is 11.8. The maximum atomic E-state index is 12.2. The van der Waals surface area contributed by atoms with E-state index in [1.54, 1.807) is 13.8 Å². The molecular weight excluding hydrogens is 330 g/mol. The van der Waals surface area contributed by atoms with E-state index in [2.05, 4.69) is 10.5 Å². The number of amides is 1. The number of anilines is 1. The van der Waals surface area contributed by atoms with Gasteiger partial charge in [-0.1, -0.05) is 5.16 Å². The first-order valence-corrected chi connectivity index (χ1v) is 9.00. The number of carbonyl (C=O) groups is 1. The number of sulfonamides is 1. The van der Waals surface area contributed by atoms with Crippen molar-refractivity contribution in [2.24, 2.45) is 5.14 Å². The number of nitrogens with one attached hydrogen (secondary N) is 1. The lowest BCUT2D eigenvalue weighted by molar-refractivity contribution is -0.116. The molecular formula is C16H21N3O4S. The molecule has 2 aromatic rings. The van der Waals surface area contributed by atoms with E-state index in [0.29, 0.717) is 17.9 Å². The normalized spacial score (nSPS) is 11.5. The summed E-state index contributed by atoms with van der Waals surface area (Å²) in [5.41, 5.74) is 3.67. The quantitative estimate of drug-likeness (QED) is 0.856. The number of aryl methyl sites for hydroxylation is 3. The van der Waals surface area contributed by atoms with Gasteiger partial charge in [-0.15, -0.1) is 0 Å². The zero-order valence-electron chi connectivity index (χ0n) is 14.1. The van der Waals surface area contributed by atoms with Gasteiger partial charge in [-0.2, -0.15) is 0 Å². The Bertz CT molecular complexity index is 865. The Kier molecular flexibility index (Phi) is 5.10. The zero-order valence-corrected chi connectivity index (χ0v) is 15.0. The number of hydrogen-bond acceptors (Lipinski definition) is 5. The number of aromatic nitrogens is 1. The maximum absolute atomic E-state index is 12.2. The van der Waals surface area contributed by atoms with Crippen molar-refractivity contribution < 1.29 is 17.7 Å². The highest BCUT2D eigenvalue weighted by Gasteiger charge is 2.15. The predicted octanol–water partition coefficient (Wildman–Crippen LogP) is 2.13. The van der Waals surface area contributed by atoms with E-state index in [4.69, 9.17) is 9.66 Å². The van der Waals surface area contributed by atoms with Gasteiger partial charge < -0.3 is 9.84 Å². The summed E-state index contributed by atoms with van der Waals surface area (Å²) in [5.74, 6) is 0.479.